The highest BCUT2D eigenvalue weighted by Crippen LogP contribution is 1.91. The minimum Gasteiger partial charge on any atom is -0.448 e. The van der Waals surface area contributed by atoms with Crippen molar-refractivity contribution in [2.75, 3.05) is 39.5 Å². The van der Waals surface area contributed by atoms with Crippen molar-refractivity contribution in [1.82, 2.24) is 4.90 Å². The lowest BCUT2D eigenvalue weighted by molar-refractivity contribution is 0.0967. The summed E-state index contributed by atoms with van der Waals surface area (Å²) in [4.78, 5) is 32.9. The number of nitrogens with two attached hydrogens (primary N) is 3. The number of carbonyl (C=O) groups excluding carboxylic acids is 3. The molecule has 6 N–H and O–H groups in total. The molecule has 0 aromatic heterocycles. The highest BCUT2D eigenvalue weighted by molar-refractivity contribution is 5.65. The molecule has 3 amide bonds. The lowest BCUT2D eigenvalue weighted by Crippen LogP contribution is -2.36. The van der Waals surface area contributed by atoms with Crippen molar-refractivity contribution in [3.8, 4) is 0 Å². The van der Waals surface area contributed by atoms with Crippen molar-refractivity contribution in [3.05, 3.63) is 0 Å². The van der Waals surface area contributed by atoms with Gasteiger partial charge in [0.05, 0.1) is 0 Å². The Labute approximate surface area is 123 Å². The van der Waals surface area contributed by atoms with Crippen LogP contribution in [0.1, 0.15) is 13.8 Å². The normalized spacial score (nSPS) is 9.29. The van der Waals surface area contributed by atoms with Gasteiger partial charge < -0.3 is 31.4 Å². The Morgan fingerprint density at radius 3 is 1.14 bits per heavy atom. The maximum Gasteiger partial charge on any atom is 0.404 e. The first kappa shape index (κ1) is 21.1. The van der Waals surface area contributed by atoms with E-state index in [2.05, 4.69) is 14.2 Å². The predicted molar refractivity (Wildman–Crippen MR) is 74.4 cm³/mol. The number of ether oxygens (including phenoxy) is 3. The van der Waals surface area contributed by atoms with Crippen molar-refractivity contribution in [2.45, 2.75) is 13.8 Å². The lowest BCUT2D eigenvalue weighted by atomic mass is 10.4. The van der Waals surface area contributed by atoms with Crippen molar-refractivity contribution in [3.63, 3.8) is 0 Å². The molecule has 10 nitrogen and oxygen atoms in total. The number of carbonyl (C=O) groups is 3. The summed E-state index contributed by atoms with van der Waals surface area (Å²) in [5.41, 5.74) is 14.4. The van der Waals surface area contributed by atoms with Crippen LogP contribution in [0.3, 0.4) is 0 Å². The summed E-state index contributed by atoms with van der Waals surface area (Å²) in [6, 6.07) is 0. The zero-order chi connectivity index (χ0) is 16.7. The molecule has 124 valence electrons. The first-order valence-corrected chi connectivity index (χ1v) is 6.41. The van der Waals surface area contributed by atoms with Gasteiger partial charge in [-0.3, -0.25) is 4.90 Å². The fraction of sp³-hybridized carbons (Fsp3) is 0.727. The Bertz CT molecular complexity index is 266. The second kappa shape index (κ2) is 14.2. The SMILES string of the molecule is CC.NC(=O)OCCN(CCOC(N)=O)CCOC(N)=O. The average molecular weight is 308 g/mol. The summed E-state index contributed by atoms with van der Waals surface area (Å²) in [7, 11) is 0. The number of rotatable bonds is 9. The summed E-state index contributed by atoms with van der Waals surface area (Å²) in [6.07, 6.45) is -2.66. The first-order chi connectivity index (χ1) is 9.91. The van der Waals surface area contributed by atoms with Gasteiger partial charge in [-0.2, -0.15) is 0 Å². The smallest absolute Gasteiger partial charge is 0.404 e. The summed E-state index contributed by atoms with van der Waals surface area (Å²) in [5, 5.41) is 0. The van der Waals surface area contributed by atoms with E-state index in [0.717, 1.165) is 0 Å². The Kier molecular flexibility index (Phi) is 14.2. The number of nitrogens with zero attached hydrogens (tertiary/aromatic N) is 1. The molecule has 0 aliphatic rings. The standard InChI is InChI=1S/C9H18N4O6.C2H6/c10-7(14)17-4-1-13(2-5-18-8(11)15)3-6-19-9(12)16;1-2/h1-6H2,(H2,10,14)(H2,11,15)(H2,12,16);1-2H3. The highest BCUT2D eigenvalue weighted by atomic mass is 16.6. The Morgan fingerprint density at radius 2 is 0.952 bits per heavy atom. The zero-order valence-electron chi connectivity index (χ0n) is 12.4. The van der Waals surface area contributed by atoms with Crippen molar-refractivity contribution in [2.24, 2.45) is 17.2 Å². The average Bonchev–Trinajstić information content (AvgIpc) is 2.39. The van der Waals surface area contributed by atoms with Crippen LogP contribution >= 0.6 is 0 Å². The van der Waals surface area contributed by atoms with Crippen LogP contribution in [0.5, 0.6) is 0 Å². The quantitative estimate of drug-likeness (QED) is 0.488. The minimum atomic E-state index is -0.887. The summed E-state index contributed by atoms with van der Waals surface area (Å²) in [6.45, 7) is 5.15. The predicted octanol–water partition coefficient (Wildman–Crippen LogP) is -0.399. The van der Waals surface area contributed by atoms with Crippen LogP contribution in [0.25, 0.3) is 0 Å². The Balaban J connectivity index is 0. The van der Waals surface area contributed by atoms with Crippen LogP contribution in [0.2, 0.25) is 0 Å². The van der Waals surface area contributed by atoms with E-state index in [1.54, 1.807) is 4.90 Å². The highest BCUT2D eigenvalue weighted by Gasteiger charge is 2.08. The van der Waals surface area contributed by atoms with Crippen LogP contribution in [-0.2, 0) is 14.2 Å². The van der Waals surface area contributed by atoms with E-state index >= 15 is 0 Å². The Morgan fingerprint density at radius 1 is 0.714 bits per heavy atom. The van der Waals surface area contributed by atoms with Crippen molar-refractivity contribution >= 4 is 18.3 Å². The summed E-state index contributed by atoms with van der Waals surface area (Å²) < 4.78 is 13.7. The van der Waals surface area contributed by atoms with Crippen LogP contribution in [0.15, 0.2) is 0 Å². The van der Waals surface area contributed by atoms with E-state index in [9.17, 15) is 14.4 Å². The van der Waals surface area contributed by atoms with Gasteiger partial charge >= 0.3 is 18.3 Å². The van der Waals surface area contributed by atoms with E-state index in [4.69, 9.17) is 17.2 Å². The van der Waals surface area contributed by atoms with Gasteiger partial charge in [0.2, 0.25) is 0 Å². The molecule has 21 heavy (non-hydrogen) atoms. The molecule has 0 fully saturated rings. The third-order valence-electron chi connectivity index (χ3n) is 1.96. The van der Waals surface area contributed by atoms with E-state index in [0.29, 0.717) is 19.6 Å². The monoisotopic (exact) mass is 308 g/mol. The molecule has 0 saturated heterocycles. The Hall–Kier alpha value is -2.23. The molecular weight excluding hydrogens is 284 g/mol. The number of amides is 3. The fourth-order valence-corrected chi connectivity index (χ4v) is 1.16. The number of hydrogen-bond acceptors (Lipinski definition) is 7. The molecule has 0 spiro atoms. The maximum absolute atomic E-state index is 10.4. The second-order valence-corrected chi connectivity index (χ2v) is 3.34. The van der Waals surface area contributed by atoms with Gasteiger partial charge in [0.25, 0.3) is 0 Å². The summed E-state index contributed by atoms with van der Waals surface area (Å²) >= 11 is 0. The molecule has 0 radical (unpaired) electrons. The van der Waals surface area contributed by atoms with Gasteiger partial charge in [0, 0.05) is 19.6 Å². The molecule has 10 heteroatoms. The molecule has 0 heterocycles. The van der Waals surface area contributed by atoms with Gasteiger partial charge in [0.15, 0.2) is 0 Å². The first-order valence-electron chi connectivity index (χ1n) is 6.41. The lowest BCUT2D eigenvalue weighted by Gasteiger charge is -2.21. The number of hydrogen-bond donors (Lipinski definition) is 3. The minimum absolute atomic E-state index is 0.0580. The van der Waals surface area contributed by atoms with Gasteiger partial charge in [-0.25, -0.2) is 14.4 Å². The molecule has 0 bridgehead atoms. The molecule has 0 unspecified atom stereocenters. The molecule has 0 rings (SSSR count). The van der Waals surface area contributed by atoms with Gasteiger partial charge in [-0.1, -0.05) is 13.8 Å². The van der Waals surface area contributed by atoms with E-state index in [1.165, 1.54) is 0 Å². The van der Waals surface area contributed by atoms with E-state index in [1.807, 2.05) is 13.8 Å². The van der Waals surface area contributed by atoms with Crippen LogP contribution in [0, 0.1) is 0 Å². The molecular formula is C11H24N4O6. The molecule has 0 saturated carbocycles. The van der Waals surface area contributed by atoms with Gasteiger partial charge in [0.1, 0.15) is 19.8 Å². The largest absolute Gasteiger partial charge is 0.448 e. The third-order valence-corrected chi connectivity index (χ3v) is 1.96. The van der Waals surface area contributed by atoms with Crippen LogP contribution < -0.4 is 17.2 Å². The fourth-order valence-electron chi connectivity index (χ4n) is 1.16. The topological polar surface area (TPSA) is 160 Å². The third kappa shape index (κ3) is 17.8. The molecule has 0 aliphatic carbocycles. The van der Waals surface area contributed by atoms with Crippen LogP contribution in [0.4, 0.5) is 14.4 Å². The summed E-state index contributed by atoms with van der Waals surface area (Å²) in [5.74, 6) is 0. The molecule has 0 atom stereocenters. The maximum atomic E-state index is 10.4. The second-order valence-electron chi connectivity index (χ2n) is 3.34. The van der Waals surface area contributed by atoms with Gasteiger partial charge in [-0.15, -0.1) is 0 Å². The van der Waals surface area contributed by atoms with Crippen LogP contribution in [-0.4, -0.2) is 62.6 Å². The van der Waals surface area contributed by atoms with E-state index < -0.39 is 18.3 Å². The molecule has 0 aromatic carbocycles. The van der Waals surface area contributed by atoms with Crippen molar-refractivity contribution in [1.29, 1.82) is 0 Å². The molecule has 0 aromatic rings. The zero-order valence-corrected chi connectivity index (χ0v) is 12.4. The molecule has 0 aliphatic heterocycles. The number of primary amides is 3. The van der Waals surface area contributed by atoms with Crippen molar-refractivity contribution < 1.29 is 28.6 Å². The van der Waals surface area contributed by atoms with Gasteiger partial charge in [-0.05, 0) is 0 Å². The van der Waals surface area contributed by atoms with E-state index in [-0.39, 0.29) is 19.8 Å².